The minimum Gasteiger partial charge on any atom is -0.487 e. The molecule has 2 saturated heterocycles. The van der Waals surface area contributed by atoms with Crippen LogP contribution in [0.1, 0.15) is 38.2 Å². The van der Waals surface area contributed by atoms with E-state index in [4.69, 9.17) is 9.47 Å². The van der Waals surface area contributed by atoms with Crippen molar-refractivity contribution in [1.82, 2.24) is 5.32 Å². The molecule has 1 aromatic rings. The van der Waals surface area contributed by atoms with Gasteiger partial charge in [-0.15, -0.1) is 0 Å². The minimum atomic E-state index is -0.432. The van der Waals surface area contributed by atoms with Gasteiger partial charge in [0.2, 0.25) is 0 Å². The largest absolute Gasteiger partial charge is 0.487 e. The van der Waals surface area contributed by atoms with E-state index in [0.29, 0.717) is 24.3 Å². The molecule has 5 heteroatoms. The molecular formula is C18H22FNO3. The van der Waals surface area contributed by atoms with Crippen LogP contribution >= 0.6 is 0 Å². The Morgan fingerprint density at radius 2 is 2.09 bits per heavy atom. The second-order valence-corrected chi connectivity index (χ2v) is 6.12. The molecule has 0 radical (unpaired) electrons. The molecule has 23 heavy (non-hydrogen) atoms. The van der Waals surface area contributed by atoms with Crippen LogP contribution in [0.3, 0.4) is 0 Å². The second kappa shape index (κ2) is 7.13. The lowest BCUT2D eigenvalue weighted by molar-refractivity contribution is -0.137. The maximum Gasteiger partial charge on any atom is 0.330 e. The normalized spacial score (nSPS) is 26.4. The molecule has 1 aromatic carbocycles. The molecule has 0 spiro atoms. The standard InChI is InChI=1S/C18H22FNO3/c1-2-22-18(21)8-4-12-3-7-17(16(19)9-12)23-15-10-13-5-6-14(11-15)20-13/h3-4,7-9,13-15,20H,2,5-6,10-11H2,1H3/b8-4+/t13-,14+,15?. The first-order valence-electron chi connectivity index (χ1n) is 8.21. The van der Waals surface area contributed by atoms with Crippen LogP contribution in [0.2, 0.25) is 0 Å². The van der Waals surface area contributed by atoms with Crippen molar-refractivity contribution in [3.8, 4) is 5.75 Å². The first-order chi connectivity index (χ1) is 11.1. The molecular weight excluding hydrogens is 297 g/mol. The highest BCUT2D eigenvalue weighted by Gasteiger charge is 2.34. The highest BCUT2D eigenvalue weighted by Crippen LogP contribution is 2.30. The Kier molecular flexibility index (Phi) is 4.96. The van der Waals surface area contributed by atoms with E-state index >= 15 is 0 Å². The van der Waals surface area contributed by atoms with Gasteiger partial charge in [0.05, 0.1) is 6.61 Å². The number of carbonyl (C=O) groups is 1. The van der Waals surface area contributed by atoms with Crippen LogP contribution in [-0.2, 0) is 9.53 Å². The molecule has 1 unspecified atom stereocenters. The summed E-state index contributed by atoms with van der Waals surface area (Å²) in [7, 11) is 0. The quantitative estimate of drug-likeness (QED) is 0.669. The van der Waals surface area contributed by atoms with Crippen molar-refractivity contribution in [2.24, 2.45) is 0 Å². The van der Waals surface area contributed by atoms with Gasteiger partial charge in [0.15, 0.2) is 11.6 Å². The molecule has 2 aliphatic heterocycles. The summed E-state index contributed by atoms with van der Waals surface area (Å²) in [6.07, 6.45) is 7.14. The van der Waals surface area contributed by atoms with Crippen molar-refractivity contribution in [1.29, 1.82) is 0 Å². The zero-order valence-corrected chi connectivity index (χ0v) is 13.3. The van der Waals surface area contributed by atoms with E-state index in [-0.39, 0.29) is 11.9 Å². The first kappa shape index (κ1) is 16.0. The van der Waals surface area contributed by atoms with Crippen LogP contribution in [0.4, 0.5) is 4.39 Å². The number of hydrogen-bond acceptors (Lipinski definition) is 4. The van der Waals surface area contributed by atoms with Crippen molar-refractivity contribution < 1.29 is 18.7 Å². The van der Waals surface area contributed by atoms with Gasteiger partial charge in [-0.05, 0) is 56.4 Å². The van der Waals surface area contributed by atoms with E-state index in [0.717, 1.165) is 12.8 Å². The highest BCUT2D eigenvalue weighted by molar-refractivity contribution is 5.87. The number of esters is 1. The number of rotatable bonds is 5. The van der Waals surface area contributed by atoms with Gasteiger partial charge < -0.3 is 14.8 Å². The van der Waals surface area contributed by atoms with Gasteiger partial charge in [-0.3, -0.25) is 0 Å². The summed E-state index contributed by atoms with van der Waals surface area (Å²) in [6.45, 7) is 2.06. The lowest BCUT2D eigenvalue weighted by Gasteiger charge is -2.29. The molecule has 1 N–H and O–H groups in total. The summed E-state index contributed by atoms with van der Waals surface area (Å²) < 4.78 is 24.8. The van der Waals surface area contributed by atoms with Crippen LogP contribution in [-0.4, -0.2) is 30.8 Å². The molecule has 124 valence electrons. The number of halogens is 1. The van der Waals surface area contributed by atoms with Crippen LogP contribution in [0.5, 0.6) is 5.75 Å². The Morgan fingerprint density at radius 3 is 2.74 bits per heavy atom. The van der Waals surface area contributed by atoms with Gasteiger partial charge in [0.25, 0.3) is 0 Å². The monoisotopic (exact) mass is 319 g/mol. The summed E-state index contributed by atoms with van der Waals surface area (Å²) >= 11 is 0. The minimum absolute atomic E-state index is 0.0733. The lowest BCUT2D eigenvalue weighted by atomic mass is 10.0. The molecule has 0 aromatic heterocycles. The molecule has 4 nitrogen and oxygen atoms in total. The number of nitrogens with one attached hydrogen (secondary N) is 1. The smallest absolute Gasteiger partial charge is 0.330 e. The third-order valence-corrected chi connectivity index (χ3v) is 4.38. The Bertz CT molecular complexity index is 590. The van der Waals surface area contributed by atoms with Crippen molar-refractivity contribution in [3.63, 3.8) is 0 Å². The lowest BCUT2D eigenvalue weighted by Crippen LogP contribution is -2.42. The van der Waals surface area contributed by atoms with Crippen molar-refractivity contribution in [2.45, 2.75) is 50.8 Å². The SMILES string of the molecule is CCOC(=O)/C=C/c1ccc(OC2C[C@H]3CC[C@@H](C2)N3)c(F)c1. The number of ether oxygens (including phenoxy) is 2. The third kappa shape index (κ3) is 4.10. The van der Waals surface area contributed by atoms with Crippen molar-refractivity contribution >= 4 is 12.0 Å². The summed E-state index contributed by atoms with van der Waals surface area (Å²) in [5.41, 5.74) is 0.605. The van der Waals surface area contributed by atoms with Crippen molar-refractivity contribution in [3.05, 3.63) is 35.7 Å². The molecule has 2 heterocycles. The van der Waals surface area contributed by atoms with E-state index in [9.17, 15) is 9.18 Å². The second-order valence-electron chi connectivity index (χ2n) is 6.12. The summed E-state index contributed by atoms with van der Waals surface area (Å²) in [4.78, 5) is 11.3. The molecule has 2 aliphatic rings. The average molecular weight is 319 g/mol. The number of hydrogen-bond donors (Lipinski definition) is 1. The Hall–Kier alpha value is -1.88. The Balaban J connectivity index is 1.62. The van der Waals surface area contributed by atoms with Crippen LogP contribution < -0.4 is 10.1 Å². The maximum atomic E-state index is 14.2. The molecule has 0 amide bonds. The molecule has 2 fully saturated rings. The van der Waals surface area contributed by atoms with Crippen molar-refractivity contribution in [2.75, 3.05) is 6.61 Å². The van der Waals surface area contributed by atoms with Gasteiger partial charge >= 0.3 is 5.97 Å². The Morgan fingerprint density at radius 1 is 1.35 bits per heavy atom. The summed E-state index contributed by atoms with van der Waals surface area (Å²) in [6, 6.07) is 5.76. The van der Waals surface area contributed by atoms with E-state index in [1.54, 1.807) is 19.1 Å². The fourth-order valence-corrected chi connectivity index (χ4v) is 3.35. The average Bonchev–Trinajstić information content (AvgIpc) is 2.87. The topological polar surface area (TPSA) is 47.6 Å². The molecule has 0 aliphatic carbocycles. The van der Waals surface area contributed by atoms with Gasteiger partial charge in [-0.2, -0.15) is 0 Å². The zero-order chi connectivity index (χ0) is 16.2. The predicted octanol–water partition coefficient (Wildman–Crippen LogP) is 3.06. The van der Waals surface area contributed by atoms with Crippen LogP contribution in [0.25, 0.3) is 6.08 Å². The summed E-state index contributed by atoms with van der Waals surface area (Å²) in [5, 5.41) is 3.54. The van der Waals surface area contributed by atoms with Gasteiger partial charge in [-0.25, -0.2) is 9.18 Å². The van der Waals surface area contributed by atoms with Gasteiger partial charge in [-0.1, -0.05) is 6.07 Å². The Labute approximate surface area is 135 Å². The highest BCUT2D eigenvalue weighted by atomic mass is 19.1. The predicted molar refractivity (Wildman–Crippen MR) is 85.7 cm³/mol. The fourth-order valence-electron chi connectivity index (χ4n) is 3.35. The zero-order valence-electron chi connectivity index (χ0n) is 13.3. The van der Waals surface area contributed by atoms with E-state index < -0.39 is 11.8 Å². The number of carbonyl (C=O) groups excluding carboxylic acids is 1. The van der Waals surface area contributed by atoms with Gasteiger partial charge in [0.1, 0.15) is 6.10 Å². The third-order valence-electron chi connectivity index (χ3n) is 4.38. The summed E-state index contributed by atoms with van der Waals surface area (Å²) in [5.74, 6) is -0.551. The van der Waals surface area contributed by atoms with E-state index in [1.807, 2.05) is 0 Å². The fraction of sp³-hybridized carbons (Fsp3) is 0.500. The number of fused-ring (bicyclic) bond motifs is 2. The molecule has 2 bridgehead atoms. The molecule has 3 atom stereocenters. The first-order valence-corrected chi connectivity index (χ1v) is 8.21. The van der Waals surface area contributed by atoms with E-state index in [1.165, 1.54) is 31.1 Å². The maximum absolute atomic E-state index is 14.2. The molecule has 0 saturated carbocycles. The van der Waals surface area contributed by atoms with E-state index in [2.05, 4.69) is 5.32 Å². The van der Waals surface area contributed by atoms with Gasteiger partial charge in [0, 0.05) is 18.2 Å². The molecule has 3 rings (SSSR count). The number of benzene rings is 1. The number of piperidine rings is 1. The van der Waals surface area contributed by atoms with Crippen LogP contribution in [0.15, 0.2) is 24.3 Å². The van der Waals surface area contributed by atoms with Crippen LogP contribution in [0, 0.1) is 5.82 Å².